The van der Waals surface area contributed by atoms with E-state index in [1.54, 1.807) is 23.1 Å². The van der Waals surface area contributed by atoms with E-state index in [-0.39, 0.29) is 17.3 Å². The molecule has 5 aromatic rings. The van der Waals surface area contributed by atoms with Gasteiger partial charge in [0.1, 0.15) is 5.65 Å². The molecule has 0 aliphatic carbocycles. The van der Waals surface area contributed by atoms with Gasteiger partial charge in [0.15, 0.2) is 0 Å². The van der Waals surface area contributed by atoms with E-state index in [0.717, 1.165) is 33.7 Å². The summed E-state index contributed by atoms with van der Waals surface area (Å²) in [5.74, 6) is -0.222. The number of hydrogen-bond acceptors (Lipinski definition) is 7. The van der Waals surface area contributed by atoms with Crippen LogP contribution in [-0.2, 0) is 6.54 Å². The first-order chi connectivity index (χ1) is 20.4. The lowest BCUT2D eigenvalue weighted by atomic mass is 10.1. The molecule has 0 atom stereocenters. The number of piperazine rings is 1. The van der Waals surface area contributed by atoms with Gasteiger partial charge in [-0.25, -0.2) is 4.98 Å². The zero-order valence-electron chi connectivity index (χ0n) is 22.5. The Labute approximate surface area is 240 Å². The van der Waals surface area contributed by atoms with Gasteiger partial charge in [0.05, 0.1) is 21.2 Å². The topological polar surface area (TPSA) is 127 Å². The van der Waals surface area contributed by atoms with E-state index in [2.05, 4.69) is 4.90 Å². The molecular formula is C31H26N6O5. The van der Waals surface area contributed by atoms with E-state index in [1.165, 1.54) is 24.3 Å². The molecular weight excluding hydrogens is 536 g/mol. The minimum Gasteiger partial charge on any atom is -0.336 e. The van der Waals surface area contributed by atoms with E-state index < -0.39 is 9.85 Å². The van der Waals surface area contributed by atoms with Crippen LogP contribution in [0.2, 0.25) is 0 Å². The number of carbonyl (C=O) groups is 1. The lowest BCUT2D eigenvalue weighted by Gasteiger charge is -2.34. The normalized spacial score (nSPS) is 13.8. The maximum atomic E-state index is 13.1. The number of nitro groups is 2. The van der Waals surface area contributed by atoms with Crippen molar-refractivity contribution < 1.29 is 14.6 Å². The van der Waals surface area contributed by atoms with Crippen molar-refractivity contribution in [2.75, 3.05) is 26.2 Å². The fourth-order valence-electron chi connectivity index (χ4n) is 5.30. The van der Waals surface area contributed by atoms with Crippen LogP contribution in [0.1, 0.15) is 16.1 Å². The number of carbonyl (C=O) groups excluding carboxylic acids is 1. The van der Waals surface area contributed by atoms with E-state index in [9.17, 15) is 25.0 Å². The molecule has 1 fully saturated rings. The summed E-state index contributed by atoms with van der Waals surface area (Å²) in [6, 6.07) is 26.1. The van der Waals surface area contributed by atoms with Gasteiger partial charge in [-0.3, -0.25) is 29.9 Å². The molecule has 11 heteroatoms. The average molecular weight is 563 g/mol. The van der Waals surface area contributed by atoms with Gasteiger partial charge < -0.3 is 9.30 Å². The summed E-state index contributed by atoms with van der Waals surface area (Å²) < 4.78 is 2.04. The summed E-state index contributed by atoms with van der Waals surface area (Å²) in [5, 5.41) is 22.5. The van der Waals surface area contributed by atoms with Crippen LogP contribution in [0.15, 0.2) is 97.2 Å². The van der Waals surface area contributed by atoms with E-state index in [4.69, 9.17) is 4.98 Å². The Hall–Kier alpha value is -5.42. The minimum absolute atomic E-state index is 0.0287. The highest BCUT2D eigenvalue weighted by molar-refractivity contribution is 5.95. The van der Waals surface area contributed by atoms with Gasteiger partial charge in [-0.15, -0.1) is 0 Å². The Bertz CT molecular complexity index is 1810. The monoisotopic (exact) mass is 562 g/mol. The zero-order valence-corrected chi connectivity index (χ0v) is 22.5. The number of rotatable bonds is 7. The lowest BCUT2D eigenvalue weighted by molar-refractivity contribution is -0.385. The lowest BCUT2D eigenvalue weighted by Crippen LogP contribution is -2.48. The van der Waals surface area contributed by atoms with Gasteiger partial charge in [0, 0.05) is 74.3 Å². The van der Waals surface area contributed by atoms with E-state index in [1.807, 2.05) is 59.1 Å². The predicted molar refractivity (Wildman–Crippen MR) is 157 cm³/mol. The first kappa shape index (κ1) is 26.8. The van der Waals surface area contributed by atoms with Crippen LogP contribution in [0.4, 0.5) is 11.4 Å². The predicted octanol–water partition coefficient (Wildman–Crippen LogP) is 5.44. The van der Waals surface area contributed by atoms with Gasteiger partial charge >= 0.3 is 0 Å². The molecule has 1 aliphatic rings. The number of aromatic nitrogens is 2. The average Bonchev–Trinajstić information content (AvgIpc) is 3.39. The molecule has 6 rings (SSSR count). The smallest absolute Gasteiger partial charge is 0.270 e. The number of amides is 1. The van der Waals surface area contributed by atoms with E-state index in [0.29, 0.717) is 38.3 Å². The molecule has 210 valence electrons. The Balaban J connectivity index is 1.28. The highest BCUT2D eigenvalue weighted by Gasteiger charge is 2.25. The maximum Gasteiger partial charge on any atom is 0.270 e. The molecule has 11 nitrogen and oxygen atoms in total. The third-order valence-electron chi connectivity index (χ3n) is 7.49. The Morgan fingerprint density at radius 3 is 2.12 bits per heavy atom. The minimum atomic E-state index is -0.501. The second-order valence-electron chi connectivity index (χ2n) is 10.1. The van der Waals surface area contributed by atoms with Crippen molar-refractivity contribution in [3.05, 3.63) is 129 Å². The summed E-state index contributed by atoms with van der Waals surface area (Å²) in [6.07, 6.45) is 1.96. The molecule has 1 amide bonds. The van der Waals surface area contributed by atoms with Gasteiger partial charge in [-0.1, -0.05) is 48.5 Å². The first-order valence-electron chi connectivity index (χ1n) is 13.4. The van der Waals surface area contributed by atoms with Crippen molar-refractivity contribution in [3.63, 3.8) is 0 Å². The summed E-state index contributed by atoms with van der Waals surface area (Å²) in [6.45, 7) is 2.78. The number of nitro benzene ring substituents is 2. The van der Waals surface area contributed by atoms with Crippen LogP contribution in [0.3, 0.4) is 0 Å². The molecule has 2 aromatic heterocycles. The van der Waals surface area contributed by atoms with Gasteiger partial charge in [0.25, 0.3) is 17.3 Å². The fraction of sp³-hybridized carbons (Fsp3) is 0.161. The highest BCUT2D eigenvalue weighted by atomic mass is 16.6. The molecule has 0 unspecified atom stereocenters. The molecule has 0 radical (unpaired) electrons. The summed E-state index contributed by atoms with van der Waals surface area (Å²) in [4.78, 5) is 43.6. The van der Waals surface area contributed by atoms with Crippen molar-refractivity contribution in [3.8, 4) is 22.4 Å². The number of fused-ring (bicyclic) bond motifs is 1. The number of pyridine rings is 1. The molecule has 1 aliphatic heterocycles. The maximum absolute atomic E-state index is 13.1. The standard InChI is InChI=1S/C31H26N6O5/c38-31(24-9-5-11-27(19-24)37(41)42)34-16-14-33(15-17-34)21-28-30(22-6-2-1-3-7-22)32-29-13-12-25(20-35(28)29)23-8-4-10-26(18-23)36(39)40/h1-13,18-20H,14-17,21H2. The van der Waals surface area contributed by atoms with Crippen molar-refractivity contribution in [2.24, 2.45) is 0 Å². The molecule has 0 saturated carbocycles. The van der Waals surface area contributed by atoms with Gasteiger partial charge in [-0.05, 0) is 29.3 Å². The van der Waals surface area contributed by atoms with Gasteiger partial charge in [0.2, 0.25) is 0 Å². The van der Waals surface area contributed by atoms with Crippen molar-refractivity contribution in [2.45, 2.75) is 6.54 Å². The summed E-state index contributed by atoms with van der Waals surface area (Å²) in [5.41, 5.74) is 5.36. The van der Waals surface area contributed by atoms with Gasteiger partial charge in [-0.2, -0.15) is 0 Å². The Kier molecular flexibility index (Phi) is 7.16. The van der Waals surface area contributed by atoms with Crippen LogP contribution < -0.4 is 0 Å². The van der Waals surface area contributed by atoms with Crippen molar-refractivity contribution >= 4 is 22.9 Å². The van der Waals surface area contributed by atoms with Crippen molar-refractivity contribution in [1.82, 2.24) is 19.2 Å². The Morgan fingerprint density at radius 1 is 0.738 bits per heavy atom. The molecule has 3 aromatic carbocycles. The third kappa shape index (κ3) is 5.32. The number of hydrogen-bond donors (Lipinski definition) is 0. The second-order valence-corrected chi connectivity index (χ2v) is 10.1. The van der Waals surface area contributed by atoms with Crippen LogP contribution in [-0.4, -0.2) is 61.1 Å². The molecule has 42 heavy (non-hydrogen) atoms. The van der Waals surface area contributed by atoms with Crippen LogP contribution >= 0.6 is 0 Å². The fourth-order valence-corrected chi connectivity index (χ4v) is 5.30. The first-order valence-corrected chi connectivity index (χ1v) is 13.4. The number of imidazole rings is 1. The second kappa shape index (κ2) is 11.2. The SMILES string of the molecule is O=C(c1cccc([N+](=O)[O-])c1)N1CCN(Cc2c(-c3ccccc3)nc3ccc(-c4cccc([N+](=O)[O-])c4)cn23)CC1. The summed E-state index contributed by atoms with van der Waals surface area (Å²) >= 11 is 0. The molecule has 3 heterocycles. The third-order valence-corrected chi connectivity index (χ3v) is 7.49. The number of benzene rings is 3. The molecule has 0 N–H and O–H groups in total. The van der Waals surface area contributed by atoms with Crippen LogP contribution in [0.25, 0.3) is 28.0 Å². The van der Waals surface area contributed by atoms with Crippen molar-refractivity contribution in [1.29, 1.82) is 0 Å². The van der Waals surface area contributed by atoms with E-state index >= 15 is 0 Å². The molecule has 0 bridgehead atoms. The Morgan fingerprint density at radius 2 is 1.40 bits per heavy atom. The summed E-state index contributed by atoms with van der Waals surface area (Å²) in [7, 11) is 0. The molecule has 0 spiro atoms. The zero-order chi connectivity index (χ0) is 29.2. The number of nitrogens with zero attached hydrogens (tertiary/aromatic N) is 6. The van der Waals surface area contributed by atoms with Crippen LogP contribution in [0, 0.1) is 20.2 Å². The highest BCUT2D eigenvalue weighted by Crippen LogP contribution is 2.30. The number of non-ortho nitro benzene ring substituents is 2. The molecule has 1 saturated heterocycles. The van der Waals surface area contributed by atoms with Crippen LogP contribution in [0.5, 0.6) is 0 Å². The quantitative estimate of drug-likeness (QED) is 0.191. The largest absolute Gasteiger partial charge is 0.336 e.